The summed E-state index contributed by atoms with van der Waals surface area (Å²) in [7, 11) is 3.77. The van der Waals surface area contributed by atoms with Crippen molar-refractivity contribution in [2.24, 2.45) is 0 Å². The molecule has 1 amide bonds. The molecule has 0 aliphatic carbocycles. The highest BCUT2D eigenvalue weighted by Crippen LogP contribution is 2.37. The Bertz CT molecular complexity index is 1320. The van der Waals surface area contributed by atoms with Crippen molar-refractivity contribution in [1.82, 2.24) is 29.6 Å². The summed E-state index contributed by atoms with van der Waals surface area (Å²) in [6, 6.07) is 13.5. The number of piperidine rings is 1. The third-order valence-electron chi connectivity index (χ3n) is 6.25. The maximum absolute atomic E-state index is 13.8. The van der Waals surface area contributed by atoms with E-state index >= 15 is 0 Å². The van der Waals surface area contributed by atoms with Gasteiger partial charge in [0.05, 0.1) is 11.7 Å². The maximum Gasteiger partial charge on any atom is 0.254 e. The number of nitrogens with zero attached hydrogens (tertiary/aromatic N) is 7. The van der Waals surface area contributed by atoms with Crippen LogP contribution in [0.2, 0.25) is 0 Å². The number of carbonyl (C=O) groups excluding carboxylic acids is 1. The topological polar surface area (TPSA) is 80.0 Å². The minimum atomic E-state index is -0.302. The Labute approximate surface area is 203 Å². The quantitative estimate of drug-likeness (QED) is 0.432. The zero-order chi connectivity index (χ0) is 24.4. The van der Waals surface area contributed by atoms with Crippen LogP contribution in [-0.4, -0.2) is 56.2 Å². The Morgan fingerprint density at radius 2 is 1.83 bits per heavy atom. The van der Waals surface area contributed by atoms with E-state index in [1.54, 1.807) is 35.6 Å². The van der Waals surface area contributed by atoms with Crippen molar-refractivity contribution in [2.75, 3.05) is 25.5 Å². The van der Waals surface area contributed by atoms with E-state index in [1.165, 1.54) is 12.1 Å². The third-order valence-corrected chi connectivity index (χ3v) is 6.25. The zero-order valence-electron chi connectivity index (χ0n) is 19.7. The predicted octanol–water partition coefficient (Wildman–Crippen LogP) is 4.30. The summed E-state index contributed by atoms with van der Waals surface area (Å²) >= 11 is 0. The highest BCUT2D eigenvalue weighted by molar-refractivity contribution is 5.95. The van der Waals surface area contributed by atoms with Crippen LogP contribution in [0.3, 0.4) is 0 Å². The molecule has 0 radical (unpaired) electrons. The second-order valence-corrected chi connectivity index (χ2v) is 8.80. The van der Waals surface area contributed by atoms with E-state index in [4.69, 9.17) is 4.98 Å². The van der Waals surface area contributed by atoms with Crippen molar-refractivity contribution >= 4 is 11.9 Å². The average Bonchev–Trinajstić information content (AvgIpc) is 3.44. The fraction of sp³-hybridized carbons (Fsp3) is 0.269. The van der Waals surface area contributed by atoms with Gasteiger partial charge in [0.15, 0.2) is 0 Å². The van der Waals surface area contributed by atoms with Gasteiger partial charge in [-0.15, -0.1) is 10.2 Å². The Kier molecular flexibility index (Phi) is 6.22. The molecule has 1 saturated heterocycles. The molecule has 1 aliphatic rings. The summed E-state index contributed by atoms with van der Waals surface area (Å²) in [6.07, 6.45) is 7.67. The lowest BCUT2D eigenvalue weighted by atomic mass is 9.93. The number of hydrogen-bond acceptors (Lipinski definition) is 6. The van der Waals surface area contributed by atoms with Crippen LogP contribution < -0.4 is 4.90 Å². The predicted molar refractivity (Wildman–Crippen MR) is 131 cm³/mol. The molecule has 4 aromatic rings. The number of likely N-dealkylation sites (tertiary alicyclic amines) is 1. The lowest BCUT2D eigenvalue weighted by Crippen LogP contribution is -2.39. The van der Waals surface area contributed by atoms with Gasteiger partial charge < -0.3 is 9.80 Å². The van der Waals surface area contributed by atoms with Gasteiger partial charge in [-0.25, -0.2) is 14.4 Å². The van der Waals surface area contributed by atoms with E-state index in [0.29, 0.717) is 18.1 Å². The van der Waals surface area contributed by atoms with E-state index in [2.05, 4.69) is 15.2 Å². The summed E-state index contributed by atoms with van der Waals surface area (Å²) in [5.74, 6) is 0.210. The van der Waals surface area contributed by atoms with Crippen LogP contribution in [0.5, 0.6) is 0 Å². The van der Waals surface area contributed by atoms with E-state index in [1.807, 2.05) is 48.2 Å². The number of aromatic nitrogens is 5. The van der Waals surface area contributed by atoms with Crippen LogP contribution in [0.4, 0.5) is 10.3 Å². The van der Waals surface area contributed by atoms with Crippen LogP contribution in [0.25, 0.3) is 16.8 Å². The molecule has 8 nitrogen and oxygen atoms in total. The largest absolute Gasteiger partial charge is 0.347 e. The van der Waals surface area contributed by atoms with Crippen molar-refractivity contribution in [3.05, 3.63) is 84.5 Å². The van der Waals surface area contributed by atoms with E-state index in [9.17, 15) is 9.18 Å². The van der Waals surface area contributed by atoms with Crippen molar-refractivity contribution in [1.29, 1.82) is 0 Å². The number of carbonyl (C=O) groups is 1. The second-order valence-electron chi connectivity index (χ2n) is 8.80. The molecule has 0 N–H and O–H groups in total. The fourth-order valence-corrected chi connectivity index (χ4v) is 4.46. The molecule has 0 bridgehead atoms. The van der Waals surface area contributed by atoms with Crippen molar-refractivity contribution in [3.63, 3.8) is 0 Å². The third kappa shape index (κ3) is 4.62. The van der Waals surface area contributed by atoms with E-state index in [-0.39, 0.29) is 17.8 Å². The Balaban J connectivity index is 1.55. The zero-order valence-corrected chi connectivity index (χ0v) is 19.7. The van der Waals surface area contributed by atoms with Gasteiger partial charge in [-0.1, -0.05) is 18.2 Å². The SMILES string of the molecule is CN(C)c1ncc(-c2ccc(F)cc2)c([C@@H]2CCCCN2C(=O)c2cccc(-n3cnnc3)c2)n1. The van der Waals surface area contributed by atoms with Gasteiger partial charge in [-0.2, -0.15) is 0 Å². The monoisotopic (exact) mass is 471 g/mol. The van der Waals surface area contributed by atoms with Crippen LogP contribution in [0.1, 0.15) is 41.4 Å². The number of amides is 1. The standard InChI is InChI=1S/C26H26FN7O/c1-32(2)26-28-15-22(18-9-11-20(27)12-10-18)24(31-26)23-8-3-4-13-34(23)25(35)19-6-5-7-21(14-19)33-16-29-30-17-33/h5-7,9-12,14-17,23H,3-4,8,13H2,1-2H3/t23-/m0/s1. The minimum absolute atomic E-state index is 0.0558. The molecule has 5 rings (SSSR count). The van der Waals surface area contributed by atoms with Crippen LogP contribution >= 0.6 is 0 Å². The van der Waals surface area contributed by atoms with E-state index < -0.39 is 0 Å². The first kappa shape index (κ1) is 22.6. The minimum Gasteiger partial charge on any atom is -0.347 e. The summed E-state index contributed by atoms with van der Waals surface area (Å²) < 4.78 is 15.4. The number of halogens is 1. The second kappa shape index (κ2) is 9.61. The number of anilines is 1. The van der Waals surface area contributed by atoms with Crippen molar-refractivity contribution in [2.45, 2.75) is 25.3 Å². The Hall–Kier alpha value is -4.14. The van der Waals surface area contributed by atoms with Gasteiger partial charge in [0.2, 0.25) is 5.95 Å². The molecule has 2 aromatic carbocycles. The fourth-order valence-electron chi connectivity index (χ4n) is 4.46. The van der Waals surface area contributed by atoms with Crippen LogP contribution in [0, 0.1) is 5.82 Å². The Morgan fingerprint density at radius 3 is 2.57 bits per heavy atom. The molecule has 1 aliphatic heterocycles. The van der Waals surface area contributed by atoms with Gasteiger partial charge >= 0.3 is 0 Å². The first-order chi connectivity index (χ1) is 17.0. The first-order valence-electron chi connectivity index (χ1n) is 11.6. The highest BCUT2D eigenvalue weighted by atomic mass is 19.1. The summed E-state index contributed by atoms with van der Waals surface area (Å²) in [6.45, 7) is 0.629. The molecule has 1 fully saturated rings. The van der Waals surface area contributed by atoms with Gasteiger partial charge in [0, 0.05) is 43.7 Å². The number of rotatable bonds is 5. The Morgan fingerprint density at radius 1 is 1.06 bits per heavy atom. The van der Waals surface area contributed by atoms with Crippen molar-refractivity contribution in [3.8, 4) is 16.8 Å². The summed E-state index contributed by atoms with van der Waals surface area (Å²) in [5.41, 5.74) is 3.81. The molecule has 178 valence electrons. The van der Waals surface area contributed by atoms with E-state index in [0.717, 1.165) is 41.8 Å². The molecule has 1 atom stereocenters. The lowest BCUT2D eigenvalue weighted by molar-refractivity contribution is 0.0607. The molecular weight excluding hydrogens is 445 g/mol. The molecule has 9 heteroatoms. The first-order valence-corrected chi connectivity index (χ1v) is 11.6. The number of benzene rings is 2. The molecule has 0 saturated carbocycles. The highest BCUT2D eigenvalue weighted by Gasteiger charge is 2.32. The lowest BCUT2D eigenvalue weighted by Gasteiger charge is -2.36. The molecule has 2 aromatic heterocycles. The summed E-state index contributed by atoms with van der Waals surface area (Å²) in [5, 5.41) is 7.71. The average molecular weight is 472 g/mol. The summed E-state index contributed by atoms with van der Waals surface area (Å²) in [4.78, 5) is 26.9. The molecular formula is C26H26FN7O. The molecule has 35 heavy (non-hydrogen) atoms. The number of hydrogen-bond donors (Lipinski definition) is 0. The molecule has 0 spiro atoms. The van der Waals surface area contributed by atoms with Gasteiger partial charge in [-0.3, -0.25) is 9.36 Å². The van der Waals surface area contributed by atoms with Crippen LogP contribution in [0.15, 0.2) is 67.4 Å². The van der Waals surface area contributed by atoms with Gasteiger partial charge in [-0.05, 0) is 55.2 Å². The smallest absolute Gasteiger partial charge is 0.254 e. The van der Waals surface area contributed by atoms with Crippen molar-refractivity contribution < 1.29 is 9.18 Å². The molecule has 0 unspecified atom stereocenters. The van der Waals surface area contributed by atoms with Gasteiger partial charge in [0.25, 0.3) is 5.91 Å². The molecule has 3 heterocycles. The maximum atomic E-state index is 13.8. The normalized spacial score (nSPS) is 15.7. The van der Waals surface area contributed by atoms with Gasteiger partial charge in [0.1, 0.15) is 18.5 Å². The van der Waals surface area contributed by atoms with Crippen LogP contribution in [-0.2, 0) is 0 Å².